The maximum Gasteiger partial charge on any atom is 0.315 e. The van der Waals surface area contributed by atoms with E-state index in [2.05, 4.69) is 17.6 Å². The molecular weight excluding hydrogens is 268 g/mol. The van der Waals surface area contributed by atoms with E-state index in [9.17, 15) is 4.79 Å². The standard InChI is InChI=1S/C16H22N2O3/c1-2-12(15-8-5-9-20-15)17-16(19)18-13-10-21-14-7-4-3-6-11(13)14/h3-4,6-7,12-13,15H,2,5,8-10H2,1H3,(H2,17,18,19)/t12-,13+,15-/m0/s1. The second kappa shape index (κ2) is 6.35. The normalized spacial score (nSPS) is 25.0. The van der Waals surface area contributed by atoms with Gasteiger partial charge in [-0.05, 0) is 25.3 Å². The highest BCUT2D eigenvalue weighted by atomic mass is 16.5. The molecule has 2 aliphatic rings. The molecule has 0 aromatic heterocycles. The van der Waals surface area contributed by atoms with E-state index in [-0.39, 0.29) is 24.2 Å². The Kier molecular flexibility index (Phi) is 4.29. The molecule has 5 heteroatoms. The lowest BCUT2D eigenvalue weighted by atomic mass is 10.1. The molecule has 2 heterocycles. The van der Waals surface area contributed by atoms with Gasteiger partial charge in [0.05, 0.1) is 18.2 Å². The van der Waals surface area contributed by atoms with Crippen molar-refractivity contribution in [1.29, 1.82) is 0 Å². The van der Waals surface area contributed by atoms with Crippen molar-refractivity contribution in [3.8, 4) is 5.75 Å². The van der Waals surface area contributed by atoms with Crippen LogP contribution in [0.2, 0.25) is 0 Å². The first-order valence-electron chi connectivity index (χ1n) is 7.68. The Morgan fingerprint density at radius 1 is 1.43 bits per heavy atom. The van der Waals surface area contributed by atoms with Gasteiger partial charge >= 0.3 is 6.03 Å². The molecule has 0 saturated carbocycles. The van der Waals surface area contributed by atoms with Crippen LogP contribution in [0, 0.1) is 0 Å². The fourth-order valence-corrected chi connectivity index (χ4v) is 3.03. The fraction of sp³-hybridized carbons (Fsp3) is 0.562. The van der Waals surface area contributed by atoms with E-state index in [0.29, 0.717) is 6.61 Å². The molecule has 2 aliphatic heterocycles. The summed E-state index contributed by atoms with van der Waals surface area (Å²) >= 11 is 0. The molecule has 5 nitrogen and oxygen atoms in total. The fourth-order valence-electron chi connectivity index (χ4n) is 3.03. The molecule has 2 N–H and O–H groups in total. The van der Waals surface area contributed by atoms with Crippen LogP contribution in [0.5, 0.6) is 5.75 Å². The van der Waals surface area contributed by atoms with E-state index in [0.717, 1.165) is 37.2 Å². The van der Waals surface area contributed by atoms with Crippen LogP contribution in [-0.4, -0.2) is 31.4 Å². The zero-order chi connectivity index (χ0) is 14.7. The molecule has 1 saturated heterocycles. The Bertz CT molecular complexity index is 500. The molecule has 1 aromatic rings. The number of nitrogens with one attached hydrogen (secondary N) is 2. The molecule has 0 aliphatic carbocycles. The predicted molar refractivity (Wildman–Crippen MR) is 79.4 cm³/mol. The first-order chi connectivity index (χ1) is 10.3. The largest absolute Gasteiger partial charge is 0.491 e. The molecule has 114 valence electrons. The second-order valence-corrected chi connectivity index (χ2v) is 5.59. The van der Waals surface area contributed by atoms with Crippen molar-refractivity contribution in [2.45, 2.75) is 44.4 Å². The van der Waals surface area contributed by atoms with E-state index < -0.39 is 0 Å². The minimum atomic E-state index is -0.150. The van der Waals surface area contributed by atoms with Gasteiger partial charge in [0, 0.05) is 12.2 Å². The van der Waals surface area contributed by atoms with Gasteiger partial charge in [-0.3, -0.25) is 0 Å². The molecule has 2 amide bonds. The van der Waals surface area contributed by atoms with Crippen molar-refractivity contribution in [3.63, 3.8) is 0 Å². The van der Waals surface area contributed by atoms with Gasteiger partial charge in [0.15, 0.2) is 0 Å². The number of fused-ring (bicyclic) bond motifs is 1. The van der Waals surface area contributed by atoms with Crippen LogP contribution in [0.1, 0.15) is 37.8 Å². The van der Waals surface area contributed by atoms with Crippen molar-refractivity contribution in [2.75, 3.05) is 13.2 Å². The van der Waals surface area contributed by atoms with Crippen LogP contribution in [0.15, 0.2) is 24.3 Å². The monoisotopic (exact) mass is 290 g/mol. The number of hydrogen-bond donors (Lipinski definition) is 2. The Balaban J connectivity index is 1.57. The smallest absolute Gasteiger partial charge is 0.315 e. The summed E-state index contributed by atoms with van der Waals surface area (Å²) in [6.45, 7) is 3.36. The number of benzene rings is 1. The van der Waals surface area contributed by atoms with Crippen molar-refractivity contribution >= 4 is 6.03 Å². The zero-order valence-corrected chi connectivity index (χ0v) is 12.3. The van der Waals surface area contributed by atoms with Crippen molar-refractivity contribution in [2.24, 2.45) is 0 Å². The summed E-state index contributed by atoms with van der Waals surface area (Å²) in [5, 5.41) is 6.03. The Morgan fingerprint density at radius 3 is 3.05 bits per heavy atom. The summed E-state index contributed by atoms with van der Waals surface area (Å²) in [4.78, 5) is 12.2. The number of ether oxygens (including phenoxy) is 2. The van der Waals surface area contributed by atoms with Gasteiger partial charge in [0.25, 0.3) is 0 Å². The van der Waals surface area contributed by atoms with Crippen LogP contribution < -0.4 is 15.4 Å². The lowest BCUT2D eigenvalue weighted by Crippen LogP contribution is -2.48. The van der Waals surface area contributed by atoms with Gasteiger partial charge in [0.2, 0.25) is 0 Å². The zero-order valence-electron chi connectivity index (χ0n) is 12.3. The van der Waals surface area contributed by atoms with E-state index in [1.165, 1.54) is 0 Å². The van der Waals surface area contributed by atoms with Crippen molar-refractivity contribution in [1.82, 2.24) is 10.6 Å². The van der Waals surface area contributed by atoms with Crippen LogP contribution in [-0.2, 0) is 4.74 Å². The molecule has 0 bridgehead atoms. The topological polar surface area (TPSA) is 59.6 Å². The average Bonchev–Trinajstić information content (AvgIpc) is 3.15. The molecule has 0 spiro atoms. The third-order valence-electron chi connectivity index (χ3n) is 4.18. The lowest BCUT2D eigenvalue weighted by molar-refractivity contribution is 0.0794. The highest BCUT2D eigenvalue weighted by Gasteiger charge is 2.29. The molecule has 21 heavy (non-hydrogen) atoms. The number of para-hydroxylation sites is 1. The summed E-state index contributed by atoms with van der Waals surface area (Å²) in [5.41, 5.74) is 1.04. The van der Waals surface area contributed by atoms with Gasteiger partial charge in [-0.15, -0.1) is 0 Å². The second-order valence-electron chi connectivity index (χ2n) is 5.59. The Hall–Kier alpha value is -1.75. The molecule has 1 fully saturated rings. The summed E-state index contributed by atoms with van der Waals surface area (Å²) in [5.74, 6) is 0.856. The van der Waals surface area contributed by atoms with Gasteiger partial charge in [0.1, 0.15) is 12.4 Å². The van der Waals surface area contributed by atoms with E-state index in [4.69, 9.17) is 9.47 Å². The van der Waals surface area contributed by atoms with Gasteiger partial charge < -0.3 is 20.1 Å². The number of amides is 2. The highest BCUT2D eigenvalue weighted by Crippen LogP contribution is 2.31. The Labute approximate surface area is 125 Å². The summed E-state index contributed by atoms with van der Waals surface area (Å²) < 4.78 is 11.2. The predicted octanol–water partition coefficient (Wildman–Crippen LogP) is 2.38. The van der Waals surface area contributed by atoms with E-state index in [1.54, 1.807) is 0 Å². The minimum absolute atomic E-state index is 0.0741. The van der Waals surface area contributed by atoms with Crippen LogP contribution >= 0.6 is 0 Å². The third kappa shape index (κ3) is 3.13. The summed E-state index contributed by atoms with van der Waals surface area (Å²) in [7, 11) is 0. The number of hydrogen-bond acceptors (Lipinski definition) is 3. The first-order valence-corrected chi connectivity index (χ1v) is 7.68. The molecule has 0 unspecified atom stereocenters. The maximum absolute atomic E-state index is 12.2. The van der Waals surface area contributed by atoms with Gasteiger partial charge in [-0.2, -0.15) is 0 Å². The lowest BCUT2D eigenvalue weighted by Gasteiger charge is -2.24. The number of rotatable bonds is 4. The first kappa shape index (κ1) is 14.2. The number of carbonyl (C=O) groups excluding carboxylic acids is 1. The molecule has 0 radical (unpaired) electrons. The maximum atomic E-state index is 12.2. The minimum Gasteiger partial charge on any atom is -0.491 e. The molecule has 3 atom stereocenters. The van der Waals surface area contributed by atoms with E-state index in [1.807, 2.05) is 24.3 Å². The van der Waals surface area contributed by atoms with Gasteiger partial charge in [-0.25, -0.2) is 4.79 Å². The van der Waals surface area contributed by atoms with Crippen molar-refractivity contribution < 1.29 is 14.3 Å². The van der Waals surface area contributed by atoms with E-state index >= 15 is 0 Å². The van der Waals surface area contributed by atoms with Crippen molar-refractivity contribution in [3.05, 3.63) is 29.8 Å². The molecular formula is C16H22N2O3. The van der Waals surface area contributed by atoms with Crippen LogP contribution in [0.3, 0.4) is 0 Å². The van der Waals surface area contributed by atoms with Gasteiger partial charge in [-0.1, -0.05) is 25.1 Å². The Morgan fingerprint density at radius 2 is 2.29 bits per heavy atom. The highest BCUT2D eigenvalue weighted by molar-refractivity contribution is 5.75. The van der Waals surface area contributed by atoms with Crippen LogP contribution in [0.25, 0.3) is 0 Å². The third-order valence-corrected chi connectivity index (χ3v) is 4.18. The summed E-state index contributed by atoms with van der Waals surface area (Å²) in [6.07, 6.45) is 3.12. The SMILES string of the molecule is CC[C@H](NC(=O)N[C@@H]1COc2ccccc21)[C@@H]1CCCO1. The number of carbonyl (C=O) groups is 1. The average molecular weight is 290 g/mol. The number of urea groups is 1. The summed E-state index contributed by atoms with van der Waals surface area (Å²) in [6, 6.07) is 7.66. The molecule has 3 rings (SSSR count). The van der Waals surface area contributed by atoms with Crippen LogP contribution in [0.4, 0.5) is 4.79 Å². The quantitative estimate of drug-likeness (QED) is 0.895. The molecule has 1 aromatic carbocycles.